The molecule has 2 unspecified atom stereocenters. The fourth-order valence-electron chi connectivity index (χ4n) is 2.50. The lowest BCUT2D eigenvalue weighted by Gasteiger charge is -2.40. The van der Waals surface area contributed by atoms with Gasteiger partial charge in [0.15, 0.2) is 0 Å². The second-order valence-corrected chi connectivity index (χ2v) is 5.87. The van der Waals surface area contributed by atoms with Crippen molar-refractivity contribution in [3.63, 3.8) is 0 Å². The van der Waals surface area contributed by atoms with Gasteiger partial charge in [-0.1, -0.05) is 0 Å². The lowest BCUT2D eigenvalue weighted by molar-refractivity contribution is -0.150. The zero-order chi connectivity index (χ0) is 12.5. The summed E-state index contributed by atoms with van der Waals surface area (Å²) in [6, 6.07) is 2.08. The van der Waals surface area contributed by atoms with E-state index in [4.69, 9.17) is 4.74 Å². The molecular formula is C13H19ClN2O2S. The Morgan fingerprint density at radius 2 is 2.26 bits per heavy atom. The molecule has 6 heteroatoms. The largest absolute Gasteiger partial charge is 0.367 e. The number of rotatable bonds is 2. The van der Waals surface area contributed by atoms with E-state index in [1.807, 2.05) is 11.8 Å². The molecule has 2 aliphatic heterocycles. The van der Waals surface area contributed by atoms with Crippen molar-refractivity contribution in [3.8, 4) is 0 Å². The number of hydrogen-bond donors (Lipinski definition) is 1. The van der Waals surface area contributed by atoms with E-state index in [9.17, 15) is 4.79 Å². The molecule has 0 bridgehead atoms. The van der Waals surface area contributed by atoms with Gasteiger partial charge in [-0.3, -0.25) is 4.79 Å². The van der Waals surface area contributed by atoms with Crippen LogP contribution in [0, 0.1) is 5.92 Å². The van der Waals surface area contributed by atoms with Gasteiger partial charge in [0.2, 0.25) is 5.91 Å². The predicted octanol–water partition coefficient (Wildman–Crippen LogP) is 1.68. The molecule has 1 N–H and O–H groups in total. The van der Waals surface area contributed by atoms with Crippen LogP contribution in [0.4, 0.5) is 0 Å². The number of nitrogens with zero attached hydrogens (tertiary/aromatic N) is 1. The van der Waals surface area contributed by atoms with Gasteiger partial charge in [0.25, 0.3) is 0 Å². The lowest BCUT2D eigenvalue weighted by Crippen LogP contribution is -2.55. The average Bonchev–Trinajstić information content (AvgIpc) is 2.79. The molecule has 4 nitrogen and oxygen atoms in total. The Kier molecular flexibility index (Phi) is 4.84. The molecule has 0 saturated carbocycles. The highest BCUT2D eigenvalue weighted by Gasteiger charge is 2.34. The third-order valence-corrected chi connectivity index (χ3v) is 4.32. The quantitative estimate of drug-likeness (QED) is 0.904. The van der Waals surface area contributed by atoms with Gasteiger partial charge >= 0.3 is 0 Å². The number of ether oxygens (including phenoxy) is 1. The van der Waals surface area contributed by atoms with Gasteiger partial charge in [-0.2, -0.15) is 11.3 Å². The molecule has 106 valence electrons. The standard InChI is InChI=1S/C13H18N2O2S.ClH/c1-9-6-15(13(16)11-4-14-5-11)7-12(17-9)10-2-3-18-8-10;/h2-3,8-9,11-12,14H,4-7H2,1H3;1H. The minimum absolute atomic E-state index is 0. The molecule has 1 aromatic heterocycles. The number of morpholine rings is 1. The van der Waals surface area contributed by atoms with E-state index < -0.39 is 0 Å². The zero-order valence-electron chi connectivity index (χ0n) is 10.9. The Hall–Kier alpha value is -0.620. The van der Waals surface area contributed by atoms with Crippen LogP contribution in [0.5, 0.6) is 0 Å². The highest BCUT2D eigenvalue weighted by atomic mass is 35.5. The Labute approximate surface area is 123 Å². The molecule has 2 atom stereocenters. The number of amides is 1. The molecule has 3 heterocycles. The van der Waals surface area contributed by atoms with Gasteiger partial charge in [0.1, 0.15) is 6.10 Å². The van der Waals surface area contributed by atoms with Crippen molar-refractivity contribution in [1.29, 1.82) is 0 Å². The molecule has 0 radical (unpaired) electrons. The number of thiophene rings is 1. The fourth-order valence-corrected chi connectivity index (χ4v) is 3.20. The van der Waals surface area contributed by atoms with Crippen LogP contribution >= 0.6 is 23.7 Å². The van der Waals surface area contributed by atoms with Crippen molar-refractivity contribution in [1.82, 2.24) is 10.2 Å². The second-order valence-electron chi connectivity index (χ2n) is 5.09. The van der Waals surface area contributed by atoms with E-state index in [2.05, 4.69) is 22.1 Å². The van der Waals surface area contributed by atoms with Crippen LogP contribution < -0.4 is 5.32 Å². The highest BCUT2D eigenvalue weighted by Crippen LogP contribution is 2.27. The number of hydrogen-bond acceptors (Lipinski definition) is 4. The maximum absolute atomic E-state index is 12.3. The van der Waals surface area contributed by atoms with Crippen LogP contribution in [0.25, 0.3) is 0 Å². The third-order valence-electron chi connectivity index (χ3n) is 3.62. The van der Waals surface area contributed by atoms with Crippen LogP contribution in [0.1, 0.15) is 18.6 Å². The number of nitrogens with one attached hydrogen (secondary N) is 1. The van der Waals surface area contributed by atoms with E-state index in [1.165, 1.54) is 5.56 Å². The van der Waals surface area contributed by atoms with Gasteiger partial charge < -0.3 is 15.0 Å². The molecule has 19 heavy (non-hydrogen) atoms. The molecule has 2 saturated heterocycles. The van der Waals surface area contributed by atoms with Crippen molar-refractivity contribution in [2.45, 2.75) is 19.1 Å². The van der Waals surface area contributed by atoms with Gasteiger partial charge in [0, 0.05) is 19.6 Å². The predicted molar refractivity (Wildman–Crippen MR) is 77.8 cm³/mol. The third kappa shape index (κ3) is 3.11. The van der Waals surface area contributed by atoms with Gasteiger partial charge in [-0.15, -0.1) is 12.4 Å². The molecule has 0 aliphatic carbocycles. The van der Waals surface area contributed by atoms with E-state index >= 15 is 0 Å². The first-order chi connectivity index (χ1) is 8.74. The topological polar surface area (TPSA) is 41.6 Å². The first kappa shape index (κ1) is 14.8. The summed E-state index contributed by atoms with van der Waals surface area (Å²) in [5.41, 5.74) is 1.19. The van der Waals surface area contributed by atoms with Crippen LogP contribution in [0.3, 0.4) is 0 Å². The number of carbonyl (C=O) groups is 1. The Bertz CT molecular complexity index is 422. The summed E-state index contributed by atoms with van der Waals surface area (Å²) in [4.78, 5) is 14.2. The summed E-state index contributed by atoms with van der Waals surface area (Å²) >= 11 is 1.67. The highest BCUT2D eigenvalue weighted by molar-refractivity contribution is 7.07. The minimum atomic E-state index is 0. The Balaban J connectivity index is 0.00000133. The first-order valence-corrected chi connectivity index (χ1v) is 7.35. The summed E-state index contributed by atoms with van der Waals surface area (Å²) in [6.45, 7) is 5.10. The lowest BCUT2D eigenvalue weighted by atomic mass is 10.00. The molecule has 3 rings (SSSR count). The van der Waals surface area contributed by atoms with Crippen molar-refractivity contribution in [2.75, 3.05) is 26.2 Å². The van der Waals surface area contributed by atoms with Gasteiger partial charge in [-0.25, -0.2) is 0 Å². The Morgan fingerprint density at radius 3 is 2.84 bits per heavy atom. The molecular weight excluding hydrogens is 284 g/mol. The minimum Gasteiger partial charge on any atom is -0.367 e. The van der Waals surface area contributed by atoms with Crippen LogP contribution in [-0.2, 0) is 9.53 Å². The molecule has 0 aromatic carbocycles. The maximum atomic E-state index is 12.3. The van der Waals surface area contributed by atoms with Gasteiger partial charge in [-0.05, 0) is 29.3 Å². The SMILES string of the molecule is CC1CN(C(=O)C2CNC2)CC(c2ccsc2)O1.Cl. The summed E-state index contributed by atoms with van der Waals surface area (Å²) in [5.74, 6) is 0.461. The van der Waals surface area contributed by atoms with Crippen LogP contribution in [0.15, 0.2) is 16.8 Å². The van der Waals surface area contributed by atoms with E-state index in [0.717, 1.165) is 19.6 Å². The normalized spacial score (nSPS) is 27.5. The van der Waals surface area contributed by atoms with E-state index in [1.54, 1.807) is 11.3 Å². The Morgan fingerprint density at radius 1 is 1.47 bits per heavy atom. The summed E-state index contributed by atoms with van der Waals surface area (Å²) < 4.78 is 5.94. The number of halogens is 1. The molecule has 2 fully saturated rings. The number of carbonyl (C=O) groups excluding carboxylic acids is 1. The van der Waals surface area contributed by atoms with Crippen LogP contribution in [-0.4, -0.2) is 43.1 Å². The fraction of sp³-hybridized carbons (Fsp3) is 0.615. The summed E-state index contributed by atoms with van der Waals surface area (Å²) in [6.07, 6.45) is 0.151. The van der Waals surface area contributed by atoms with Gasteiger partial charge in [0.05, 0.1) is 18.6 Å². The van der Waals surface area contributed by atoms with Crippen molar-refractivity contribution in [3.05, 3.63) is 22.4 Å². The van der Waals surface area contributed by atoms with Crippen LogP contribution in [0.2, 0.25) is 0 Å². The van der Waals surface area contributed by atoms with E-state index in [0.29, 0.717) is 6.54 Å². The van der Waals surface area contributed by atoms with Crippen molar-refractivity contribution >= 4 is 29.7 Å². The van der Waals surface area contributed by atoms with Crippen molar-refractivity contribution < 1.29 is 9.53 Å². The summed E-state index contributed by atoms with van der Waals surface area (Å²) in [5, 5.41) is 7.32. The molecule has 0 spiro atoms. The second kappa shape index (κ2) is 6.22. The molecule has 1 amide bonds. The summed E-state index contributed by atoms with van der Waals surface area (Å²) in [7, 11) is 0. The van der Waals surface area contributed by atoms with Crippen molar-refractivity contribution in [2.24, 2.45) is 5.92 Å². The smallest absolute Gasteiger partial charge is 0.228 e. The van der Waals surface area contributed by atoms with E-state index in [-0.39, 0.29) is 36.4 Å². The monoisotopic (exact) mass is 302 g/mol. The molecule has 2 aliphatic rings. The molecule has 1 aromatic rings. The average molecular weight is 303 g/mol. The zero-order valence-corrected chi connectivity index (χ0v) is 12.5. The maximum Gasteiger partial charge on any atom is 0.228 e. The first-order valence-electron chi connectivity index (χ1n) is 6.41.